The highest BCUT2D eigenvalue weighted by atomic mass is 32.1. The van der Waals surface area contributed by atoms with Crippen LogP contribution in [0.1, 0.15) is 18.4 Å². The van der Waals surface area contributed by atoms with Gasteiger partial charge in [0.15, 0.2) is 5.13 Å². The van der Waals surface area contributed by atoms with Gasteiger partial charge < -0.3 is 15.0 Å². The van der Waals surface area contributed by atoms with E-state index in [0.29, 0.717) is 36.8 Å². The maximum atomic E-state index is 12.8. The molecule has 32 heavy (non-hydrogen) atoms. The molecule has 1 aliphatic rings. The fourth-order valence-corrected chi connectivity index (χ4v) is 4.67. The fourth-order valence-electron chi connectivity index (χ4n) is 3.95. The summed E-state index contributed by atoms with van der Waals surface area (Å²) in [6.45, 7) is 3.19. The number of para-hydroxylation sites is 2. The van der Waals surface area contributed by atoms with E-state index in [1.807, 2.05) is 35.4 Å². The molecule has 0 spiro atoms. The number of nitrogens with zero attached hydrogens (tertiary/aromatic N) is 3. The fraction of sp³-hybridized carbons (Fsp3) is 0.304. The monoisotopic (exact) mass is 452 g/mol. The molecule has 1 fully saturated rings. The Morgan fingerprint density at radius 3 is 2.72 bits per heavy atom. The van der Waals surface area contributed by atoms with Gasteiger partial charge in [-0.25, -0.2) is 4.98 Å². The van der Waals surface area contributed by atoms with Gasteiger partial charge in [0.05, 0.1) is 17.7 Å². The third-order valence-electron chi connectivity index (χ3n) is 5.65. The lowest BCUT2D eigenvalue weighted by atomic mass is 9.95. The second kappa shape index (κ2) is 9.35. The largest absolute Gasteiger partial charge is 0.496 e. The van der Waals surface area contributed by atoms with Crippen molar-refractivity contribution < 1.29 is 14.5 Å². The Bertz CT molecular complexity index is 1140. The number of benzene rings is 2. The van der Waals surface area contributed by atoms with Crippen LogP contribution >= 0.6 is 11.3 Å². The predicted octanol–water partition coefficient (Wildman–Crippen LogP) is 4.89. The van der Waals surface area contributed by atoms with Gasteiger partial charge in [0.2, 0.25) is 5.91 Å². The summed E-state index contributed by atoms with van der Waals surface area (Å²) in [5, 5.41) is 16.7. The molecule has 166 valence electrons. The molecule has 3 aromatic rings. The molecular formula is C23H24N4O4S. The molecular weight excluding hydrogens is 428 g/mol. The Kier molecular flexibility index (Phi) is 6.36. The zero-order chi connectivity index (χ0) is 22.7. The summed E-state index contributed by atoms with van der Waals surface area (Å²) in [7, 11) is 1.62. The van der Waals surface area contributed by atoms with Crippen molar-refractivity contribution in [3.8, 4) is 17.0 Å². The van der Waals surface area contributed by atoms with Gasteiger partial charge in [-0.15, -0.1) is 11.3 Å². The van der Waals surface area contributed by atoms with Crippen molar-refractivity contribution in [2.75, 3.05) is 30.4 Å². The number of ether oxygens (including phenoxy) is 1. The number of amides is 1. The number of nitrogens with one attached hydrogen (secondary N) is 1. The summed E-state index contributed by atoms with van der Waals surface area (Å²) >= 11 is 1.38. The van der Waals surface area contributed by atoms with Crippen LogP contribution in [-0.2, 0) is 4.79 Å². The Morgan fingerprint density at radius 2 is 2.00 bits per heavy atom. The van der Waals surface area contributed by atoms with E-state index in [0.717, 1.165) is 22.6 Å². The van der Waals surface area contributed by atoms with E-state index in [1.165, 1.54) is 17.4 Å². The van der Waals surface area contributed by atoms with Crippen molar-refractivity contribution in [3.63, 3.8) is 0 Å². The SMILES string of the molecule is COc1ccc(C)cc1-c1csc(NC(=O)C2CCN(c3ccccc3[N+](=O)[O-])CC2)n1. The third-order valence-corrected chi connectivity index (χ3v) is 6.41. The zero-order valence-corrected chi connectivity index (χ0v) is 18.7. The number of hydrogen-bond acceptors (Lipinski definition) is 7. The van der Waals surface area contributed by atoms with E-state index in [2.05, 4.69) is 10.3 Å². The standard InChI is InChI=1S/C23H24N4O4S/c1-15-7-8-21(31-2)17(13-15)18-14-32-23(24-18)25-22(28)16-9-11-26(12-10-16)19-5-3-4-6-20(19)27(29)30/h3-8,13-14,16H,9-12H2,1-2H3,(H,24,25,28). The number of methoxy groups -OCH3 is 1. The quantitative estimate of drug-likeness (QED) is 0.422. The van der Waals surface area contributed by atoms with Crippen molar-refractivity contribution in [3.05, 3.63) is 63.5 Å². The molecule has 0 bridgehead atoms. The summed E-state index contributed by atoms with van der Waals surface area (Å²) < 4.78 is 5.44. The maximum absolute atomic E-state index is 12.8. The lowest BCUT2D eigenvalue weighted by Gasteiger charge is -2.32. The molecule has 8 nitrogen and oxygen atoms in total. The second-order valence-electron chi connectivity index (χ2n) is 7.74. The first kappa shape index (κ1) is 21.8. The Balaban J connectivity index is 1.40. The maximum Gasteiger partial charge on any atom is 0.292 e. The number of thiazole rings is 1. The van der Waals surface area contributed by atoms with Crippen molar-refractivity contribution in [2.24, 2.45) is 5.92 Å². The third kappa shape index (κ3) is 4.57. The first-order valence-corrected chi connectivity index (χ1v) is 11.2. The minimum atomic E-state index is -0.364. The number of piperidine rings is 1. The molecule has 1 aliphatic heterocycles. The van der Waals surface area contributed by atoms with E-state index in [1.54, 1.807) is 25.3 Å². The topological polar surface area (TPSA) is 97.6 Å². The van der Waals surface area contributed by atoms with Gasteiger partial charge in [-0.3, -0.25) is 14.9 Å². The van der Waals surface area contributed by atoms with Crippen molar-refractivity contribution in [1.29, 1.82) is 0 Å². The van der Waals surface area contributed by atoms with Gasteiger partial charge >= 0.3 is 0 Å². The molecule has 1 aromatic heterocycles. The summed E-state index contributed by atoms with van der Waals surface area (Å²) in [6.07, 6.45) is 1.25. The minimum Gasteiger partial charge on any atom is -0.496 e. The molecule has 1 N–H and O–H groups in total. The minimum absolute atomic E-state index is 0.0654. The second-order valence-corrected chi connectivity index (χ2v) is 8.60. The Hall–Kier alpha value is -3.46. The highest BCUT2D eigenvalue weighted by Gasteiger charge is 2.28. The molecule has 0 aliphatic carbocycles. The van der Waals surface area contributed by atoms with Crippen LogP contribution in [0.5, 0.6) is 5.75 Å². The van der Waals surface area contributed by atoms with Gasteiger partial charge in [0.25, 0.3) is 5.69 Å². The normalized spacial score (nSPS) is 14.2. The van der Waals surface area contributed by atoms with Crippen LogP contribution in [0, 0.1) is 23.0 Å². The lowest BCUT2D eigenvalue weighted by Crippen LogP contribution is -2.38. The zero-order valence-electron chi connectivity index (χ0n) is 17.9. The molecule has 9 heteroatoms. The summed E-state index contributed by atoms with van der Waals surface area (Å²) in [4.78, 5) is 30.3. The van der Waals surface area contributed by atoms with Crippen LogP contribution in [0.25, 0.3) is 11.3 Å². The van der Waals surface area contributed by atoms with Gasteiger partial charge in [-0.2, -0.15) is 0 Å². The molecule has 0 unspecified atom stereocenters. The molecule has 1 saturated heterocycles. The number of anilines is 2. The molecule has 2 heterocycles. The average Bonchev–Trinajstić information content (AvgIpc) is 3.27. The van der Waals surface area contributed by atoms with Crippen LogP contribution in [0.15, 0.2) is 47.8 Å². The summed E-state index contributed by atoms with van der Waals surface area (Å²) in [6, 6.07) is 12.6. The van der Waals surface area contributed by atoms with E-state index >= 15 is 0 Å². The van der Waals surface area contributed by atoms with E-state index in [-0.39, 0.29) is 22.4 Å². The average molecular weight is 453 g/mol. The van der Waals surface area contributed by atoms with Crippen LogP contribution in [-0.4, -0.2) is 36.0 Å². The van der Waals surface area contributed by atoms with E-state index in [4.69, 9.17) is 4.74 Å². The highest BCUT2D eigenvalue weighted by molar-refractivity contribution is 7.14. The lowest BCUT2D eigenvalue weighted by molar-refractivity contribution is -0.384. The number of carbonyl (C=O) groups is 1. The van der Waals surface area contributed by atoms with Crippen molar-refractivity contribution in [2.45, 2.75) is 19.8 Å². The number of aryl methyl sites for hydroxylation is 1. The van der Waals surface area contributed by atoms with Crippen LogP contribution < -0.4 is 15.0 Å². The molecule has 0 atom stereocenters. The Labute approximate surface area is 190 Å². The first-order chi connectivity index (χ1) is 15.5. The van der Waals surface area contributed by atoms with Crippen molar-refractivity contribution >= 4 is 33.8 Å². The van der Waals surface area contributed by atoms with Gasteiger partial charge in [-0.05, 0) is 38.0 Å². The number of carbonyl (C=O) groups excluding carboxylic acids is 1. The molecule has 0 saturated carbocycles. The number of rotatable bonds is 6. The van der Waals surface area contributed by atoms with E-state index < -0.39 is 0 Å². The number of nitro benzene ring substituents is 1. The van der Waals surface area contributed by atoms with Crippen molar-refractivity contribution in [1.82, 2.24) is 4.98 Å². The van der Waals surface area contributed by atoms with Crippen LogP contribution in [0.3, 0.4) is 0 Å². The molecule has 0 radical (unpaired) electrons. The van der Waals surface area contributed by atoms with Crippen LogP contribution in [0.2, 0.25) is 0 Å². The van der Waals surface area contributed by atoms with Crippen LogP contribution in [0.4, 0.5) is 16.5 Å². The Morgan fingerprint density at radius 1 is 1.25 bits per heavy atom. The number of aromatic nitrogens is 1. The molecule has 4 rings (SSSR count). The predicted molar refractivity (Wildman–Crippen MR) is 126 cm³/mol. The number of hydrogen-bond donors (Lipinski definition) is 1. The smallest absolute Gasteiger partial charge is 0.292 e. The number of nitro groups is 1. The first-order valence-electron chi connectivity index (χ1n) is 10.4. The van der Waals surface area contributed by atoms with E-state index in [9.17, 15) is 14.9 Å². The van der Waals surface area contributed by atoms with Gasteiger partial charge in [-0.1, -0.05) is 23.8 Å². The highest BCUT2D eigenvalue weighted by Crippen LogP contribution is 2.34. The van der Waals surface area contributed by atoms with Gasteiger partial charge in [0, 0.05) is 36.0 Å². The molecule has 2 aromatic carbocycles. The summed E-state index contributed by atoms with van der Waals surface area (Å²) in [5.74, 6) is 0.514. The van der Waals surface area contributed by atoms with Gasteiger partial charge in [0.1, 0.15) is 11.4 Å². The molecule has 1 amide bonds. The summed E-state index contributed by atoms with van der Waals surface area (Å²) in [5.41, 5.74) is 3.45.